The number of hydrogen-bond donors (Lipinski definition) is 2. The van der Waals surface area contributed by atoms with Crippen molar-refractivity contribution in [2.45, 2.75) is 75.8 Å². The van der Waals surface area contributed by atoms with E-state index in [4.69, 9.17) is 24.2 Å². The molecule has 328 valence electrons. The molecular formula is C52H56FN3O7. The molecule has 1 aliphatic heterocycles. The Kier molecular flexibility index (Phi) is 15.2. The molecule has 2 aliphatic carbocycles. The number of aliphatic hydroxyl groups excluding tert-OH is 2. The Hall–Kier alpha value is -6.06. The number of oxime groups is 1. The van der Waals surface area contributed by atoms with Crippen molar-refractivity contribution in [1.29, 1.82) is 5.26 Å². The lowest BCUT2D eigenvalue weighted by atomic mass is 9.55. The topological polar surface area (TPSA) is 134 Å². The summed E-state index contributed by atoms with van der Waals surface area (Å²) in [5.41, 5.74) is 4.86. The lowest BCUT2D eigenvalue weighted by Gasteiger charge is -2.60. The van der Waals surface area contributed by atoms with Crippen LogP contribution in [0.3, 0.4) is 0 Å². The van der Waals surface area contributed by atoms with Crippen LogP contribution in [-0.2, 0) is 22.7 Å². The second-order valence-electron chi connectivity index (χ2n) is 16.4. The first-order chi connectivity index (χ1) is 30.8. The normalized spacial score (nSPS) is 22.7. The molecule has 0 aromatic heterocycles. The van der Waals surface area contributed by atoms with Crippen LogP contribution in [0, 0.1) is 34.9 Å². The molecule has 3 aliphatic rings. The molecular weight excluding hydrogens is 798 g/mol. The maximum atomic E-state index is 15.3. The highest BCUT2D eigenvalue weighted by molar-refractivity contribution is 6.03. The van der Waals surface area contributed by atoms with Crippen LogP contribution in [0.4, 0.5) is 4.39 Å². The molecule has 7 rings (SSSR count). The molecule has 1 heterocycles. The standard InChI is InChI=1S/C52H56FN3O7/c1-3-28-60-42-24-25-47-45(31-42)49-43(15-9-11-27-58)40(14-8-10-26-57)30-44-46(55-62-35-38-12-6-5-7-13-38)32-48(52(63-47,50(44)49)61-29-4-2)56(34-37-18-22-41(53)23-19-37)51(59)39-20-16-36(33-54)17-21-39/h3-7,12-13,16-25,30-31,40,43,48-50,57-58H,1-2,8-11,14-15,26-29,32,34-35H2/t40-,43+,48-,49+,50+,52+/m0/s1. The van der Waals surface area contributed by atoms with Crippen molar-refractivity contribution < 1.29 is 38.4 Å². The highest BCUT2D eigenvalue weighted by Crippen LogP contribution is 2.62. The number of nitrogens with zero attached hydrogens (tertiary/aromatic N) is 3. The summed E-state index contributed by atoms with van der Waals surface area (Å²) >= 11 is 0. The van der Waals surface area contributed by atoms with Crippen LogP contribution in [0.15, 0.2) is 139 Å². The average molecular weight is 854 g/mol. The average Bonchev–Trinajstić information content (AvgIpc) is 3.31. The van der Waals surface area contributed by atoms with E-state index in [1.807, 2.05) is 48.5 Å². The molecule has 1 amide bonds. The zero-order chi connectivity index (χ0) is 44.2. The van der Waals surface area contributed by atoms with Crippen molar-refractivity contribution in [2.24, 2.45) is 22.9 Å². The number of hydrogen-bond acceptors (Lipinski definition) is 9. The van der Waals surface area contributed by atoms with Gasteiger partial charge in [0, 0.05) is 43.2 Å². The number of fused-ring (bicyclic) bond motifs is 2. The monoisotopic (exact) mass is 853 g/mol. The lowest BCUT2D eigenvalue weighted by Crippen LogP contribution is -2.70. The minimum Gasteiger partial charge on any atom is -0.490 e. The summed E-state index contributed by atoms with van der Waals surface area (Å²) in [4.78, 5) is 23.2. The van der Waals surface area contributed by atoms with Crippen molar-refractivity contribution >= 4 is 11.6 Å². The Morgan fingerprint density at radius 3 is 2.35 bits per heavy atom. The summed E-state index contributed by atoms with van der Waals surface area (Å²) < 4.78 is 35.0. The quantitative estimate of drug-likeness (QED) is 0.0481. The summed E-state index contributed by atoms with van der Waals surface area (Å²) in [6.07, 6.45) is 10.3. The number of rotatable bonds is 21. The van der Waals surface area contributed by atoms with Crippen LogP contribution in [-0.4, -0.2) is 65.0 Å². The minimum absolute atomic E-state index is 0.0121. The number of carbonyl (C=O) groups is 1. The predicted octanol–water partition coefficient (Wildman–Crippen LogP) is 9.44. The lowest BCUT2D eigenvalue weighted by molar-refractivity contribution is -0.255. The number of carbonyl (C=O) groups excluding carboxylic acids is 1. The van der Waals surface area contributed by atoms with Gasteiger partial charge in [0.2, 0.25) is 5.79 Å². The Bertz CT molecular complexity index is 2290. The van der Waals surface area contributed by atoms with Crippen LogP contribution in [0.25, 0.3) is 0 Å². The van der Waals surface area contributed by atoms with Gasteiger partial charge < -0.3 is 34.2 Å². The van der Waals surface area contributed by atoms with Gasteiger partial charge in [0.15, 0.2) is 0 Å². The van der Waals surface area contributed by atoms with E-state index in [1.54, 1.807) is 53.5 Å². The van der Waals surface area contributed by atoms with Gasteiger partial charge in [-0.15, -0.1) is 6.58 Å². The molecule has 6 atom stereocenters. The largest absolute Gasteiger partial charge is 0.490 e. The Morgan fingerprint density at radius 2 is 1.65 bits per heavy atom. The van der Waals surface area contributed by atoms with Gasteiger partial charge in [-0.3, -0.25) is 4.79 Å². The fourth-order valence-corrected chi connectivity index (χ4v) is 9.62. The number of unbranched alkanes of at least 4 members (excludes halogenated alkanes) is 2. The molecule has 1 fully saturated rings. The van der Waals surface area contributed by atoms with Gasteiger partial charge >= 0.3 is 0 Å². The van der Waals surface area contributed by atoms with Crippen LogP contribution in [0.5, 0.6) is 11.5 Å². The van der Waals surface area contributed by atoms with Gasteiger partial charge in [0.25, 0.3) is 5.91 Å². The third-order valence-corrected chi connectivity index (χ3v) is 12.4. The van der Waals surface area contributed by atoms with Gasteiger partial charge in [0.1, 0.15) is 36.6 Å². The first kappa shape index (κ1) is 45.0. The zero-order valence-electron chi connectivity index (χ0n) is 35.6. The first-order valence-corrected chi connectivity index (χ1v) is 21.9. The van der Waals surface area contributed by atoms with Crippen LogP contribution in [0.1, 0.15) is 83.5 Å². The number of nitriles is 1. The molecule has 10 nitrogen and oxygen atoms in total. The van der Waals surface area contributed by atoms with Crippen LogP contribution in [0.2, 0.25) is 0 Å². The van der Waals surface area contributed by atoms with E-state index in [1.165, 1.54) is 12.1 Å². The number of allylic oxidation sites excluding steroid dienone is 1. The molecule has 0 spiro atoms. The van der Waals surface area contributed by atoms with E-state index in [0.29, 0.717) is 53.3 Å². The Balaban J connectivity index is 1.48. The predicted molar refractivity (Wildman–Crippen MR) is 239 cm³/mol. The third-order valence-electron chi connectivity index (χ3n) is 12.4. The first-order valence-electron chi connectivity index (χ1n) is 21.9. The fraction of sp³-hybridized carbons (Fsp3) is 0.365. The van der Waals surface area contributed by atoms with E-state index in [9.17, 15) is 19.9 Å². The molecule has 1 saturated carbocycles. The molecule has 0 bridgehead atoms. The summed E-state index contributed by atoms with van der Waals surface area (Å²) in [6, 6.07) is 29.5. The second kappa shape index (κ2) is 21.3. The Morgan fingerprint density at radius 1 is 0.921 bits per heavy atom. The van der Waals surface area contributed by atoms with Gasteiger partial charge in [-0.1, -0.05) is 85.3 Å². The fourth-order valence-electron chi connectivity index (χ4n) is 9.62. The van der Waals surface area contributed by atoms with Crippen molar-refractivity contribution in [3.05, 3.63) is 168 Å². The van der Waals surface area contributed by atoms with E-state index >= 15 is 4.79 Å². The number of amides is 1. The maximum Gasteiger partial charge on any atom is 0.254 e. The highest BCUT2D eigenvalue weighted by atomic mass is 19.1. The highest BCUT2D eigenvalue weighted by Gasteiger charge is 2.65. The van der Waals surface area contributed by atoms with Gasteiger partial charge in [-0.25, -0.2) is 4.39 Å². The molecule has 11 heteroatoms. The number of ether oxygens (including phenoxy) is 3. The molecule has 4 aromatic carbocycles. The van der Waals surface area contributed by atoms with E-state index in [2.05, 4.69) is 25.3 Å². The smallest absolute Gasteiger partial charge is 0.254 e. The third kappa shape index (κ3) is 10.1. The summed E-state index contributed by atoms with van der Waals surface area (Å²) in [5.74, 6) is -1.78. The number of benzene rings is 4. The minimum atomic E-state index is -1.52. The molecule has 0 radical (unpaired) electrons. The molecule has 4 aromatic rings. The molecule has 0 saturated heterocycles. The van der Waals surface area contributed by atoms with Crippen molar-refractivity contribution in [1.82, 2.24) is 4.90 Å². The molecule has 63 heavy (non-hydrogen) atoms. The zero-order valence-corrected chi connectivity index (χ0v) is 35.6. The molecule has 2 N–H and O–H groups in total. The summed E-state index contributed by atoms with van der Waals surface area (Å²) in [6.45, 7) is 8.71. The van der Waals surface area contributed by atoms with E-state index in [0.717, 1.165) is 42.4 Å². The molecule has 0 unspecified atom stereocenters. The second-order valence-corrected chi connectivity index (χ2v) is 16.4. The van der Waals surface area contributed by atoms with Crippen LogP contribution >= 0.6 is 0 Å². The number of aliphatic hydroxyl groups is 2. The van der Waals surface area contributed by atoms with Crippen molar-refractivity contribution in [3.63, 3.8) is 0 Å². The van der Waals surface area contributed by atoms with Gasteiger partial charge in [-0.05, 0) is 109 Å². The van der Waals surface area contributed by atoms with Crippen LogP contribution < -0.4 is 9.47 Å². The van der Waals surface area contributed by atoms with Crippen molar-refractivity contribution in [3.8, 4) is 17.6 Å². The maximum absolute atomic E-state index is 15.3. The van der Waals surface area contributed by atoms with Gasteiger partial charge in [0.05, 0.1) is 29.9 Å². The Labute approximate surface area is 369 Å². The van der Waals surface area contributed by atoms with Crippen molar-refractivity contribution in [2.75, 3.05) is 26.4 Å². The number of halogens is 1. The summed E-state index contributed by atoms with van der Waals surface area (Å²) in [5, 5.41) is 34.5. The SMILES string of the molecule is C=CCOc1ccc2c(c1)[C@H]1[C@H](CCCCO)[C@@H](CCCCO)C=C3C(=NOCc4ccccc4)C[C@H](N(Cc4ccc(F)cc4)C(=O)c4ccc(C#N)cc4)[C@@](OCC=C)(O2)[C@H]31. The van der Waals surface area contributed by atoms with E-state index in [-0.39, 0.29) is 63.1 Å². The summed E-state index contributed by atoms with van der Waals surface area (Å²) in [7, 11) is 0. The van der Waals surface area contributed by atoms with Gasteiger partial charge in [-0.2, -0.15) is 5.26 Å². The van der Waals surface area contributed by atoms with E-state index < -0.39 is 23.6 Å².